The molecule has 0 saturated carbocycles. The molecular formula is C31H41F2N11O21P5-. The fraction of sp³-hybridized carbons (Fsp3) is 0.484. The van der Waals surface area contributed by atoms with E-state index in [1.54, 1.807) is 6.92 Å². The first kappa shape index (κ1) is 63.5. The lowest BCUT2D eigenvalue weighted by molar-refractivity contribution is -0.644. The predicted molar refractivity (Wildman–Crippen MR) is 227 cm³/mol. The Kier molecular flexibility index (Phi) is 26.4. The molecule has 15 N–H and O–H groups in total. The lowest BCUT2D eigenvalue weighted by atomic mass is 9.99. The number of nitrogens with one attached hydrogen (secondary N) is 2. The fourth-order valence-corrected chi connectivity index (χ4v) is 5.84. The van der Waals surface area contributed by atoms with Gasteiger partial charge >= 0.3 is 28.7 Å². The standard InChI is InChI=1S/C12H12FN5O3.C7H11O7P.C7H10O3.C5H4FN5.H3NP2.2HO4P/c1-2-12(4-19)6(20)3-7(21-12)18-5-15-8-9(14)16-11(13)17-10(8)18;1-2-7(4-8)5(9)3-6(13-7)14-15(10,11)12;1-3-7(2)5(8)4-6(9)10-7;6-5-10-3(7)2-4(11-5)9-1-8-2;1-3-2;2*1-4-5(2)3/h1,5-7,19-20H,3-4H2,(H2,14,16,17);1,5-6,8-9H,3-4H2,(H2,10,11,12);1,5-6,8-9H,4H2,2H3;1H,(H3,7,8,9,10,11);1H,2H2;(H-,1,2,3);1H/p-1/t6-,7+,12+;5-,6+,7+;5-,6?,7-;;;;/m000..../s1. The number of nitrogen functional groups attached to an aromatic ring is 2. The Hall–Kier alpha value is -4.52. The molecule has 32 nitrogen and oxygen atoms in total. The number of nitrogens with two attached hydrogens (primary N) is 2. The molecule has 0 aromatic carbocycles. The monoisotopic (exact) mass is 1100 g/mol. The second-order valence-electron chi connectivity index (χ2n) is 13.1. The van der Waals surface area contributed by atoms with Gasteiger partial charge in [-0.3, -0.25) is 18.8 Å². The van der Waals surface area contributed by atoms with Gasteiger partial charge < -0.3 is 81.2 Å². The van der Waals surface area contributed by atoms with Gasteiger partial charge in [0.15, 0.2) is 57.8 Å². The van der Waals surface area contributed by atoms with Gasteiger partial charge in [-0.15, -0.1) is 24.2 Å². The highest BCUT2D eigenvalue weighted by molar-refractivity contribution is 7.96. The summed E-state index contributed by atoms with van der Waals surface area (Å²) in [5.41, 5.74) is 7.79. The van der Waals surface area contributed by atoms with Crippen LogP contribution in [0.3, 0.4) is 0 Å². The largest absolute Gasteiger partial charge is 0.756 e. The molecule has 39 heteroatoms. The van der Waals surface area contributed by atoms with E-state index in [0.29, 0.717) is 13.6 Å². The van der Waals surface area contributed by atoms with Crippen LogP contribution in [-0.2, 0) is 41.8 Å². The van der Waals surface area contributed by atoms with E-state index in [9.17, 15) is 38.7 Å². The van der Waals surface area contributed by atoms with Gasteiger partial charge in [0, 0.05) is 31.9 Å². The summed E-state index contributed by atoms with van der Waals surface area (Å²) in [5, 5.41) is 77.5. The number of aliphatic hydroxyl groups is 6. The molecule has 0 aliphatic carbocycles. The number of rotatable bonds is 7. The van der Waals surface area contributed by atoms with E-state index in [-0.39, 0.29) is 47.7 Å². The molecule has 13 atom stereocenters. The normalized spacial score (nSPS) is 27.4. The summed E-state index contributed by atoms with van der Waals surface area (Å²) in [4.78, 5) is 59.1. The Bertz CT molecular complexity index is 2540. The van der Waals surface area contributed by atoms with Crippen molar-refractivity contribution in [2.75, 3.05) is 24.7 Å². The first-order chi connectivity index (χ1) is 32.6. The van der Waals surface area contributed by atoms with Crippen LogP contribution in [0.2, 0.25) is 0 Å². The van der Waals surface area contributed by atoms with Gasteiger partial charge in [-0.05, 0) is 11.5 Å². The number of terminal acetylenes is 3. The zero-order valence-corrected chi connectivity index (χ0v) is 40.0. The highest BCUT2D eigenvalue weighted by Crippen LogP contribution is 2.40. The van der Waals surface area contributed by atoms with Gasteiger partial charge in [-0.2, -0.15) is 28.7 Å². The quantitative estimate of drug-likeness (QED) is 0.0282. The number of fused-ring (bicyclic) bond motifs is 2. The summed E-state index contributed by atoms with van der Waals surface area (Å²) in [6.45, 7) is 0.353. The van der Waals surface area contributed by atoms with Crippen LogP contribution >= 0.6 is 41.3 Å². The van der Waals surface area contributed by atoms with Crippen LogP contribution in [0.5, 0.6) is 0 Å². The average Bonchev–Trinajstić information content (AvgIpc) is 4.12. The van der Waals surface area contributed by atoms with Crippen molar-refractivity contribution in [3.63, 3.8) is 0 Å². The van der Waals surface area contributed by atoms with Gasteiger partial charge in [0.1, 0.15) is 24.0 Å². The van der Waals surface area contributed by atoms with Gasteiger partial charge in [-0.1, -0.05) is 26.7 Å². The third kappa shape index (κ3) is 18.6. The van der Waals surface area contributed by atoms with Crippen molar-refractivity contribution < 1.29 is 111 Å². The fourth-order valence-electron chi connectivity index (χ4n) is 5.41. The molecule has 0 spiro atoms. The number of hydrogen-bond donors (Lipinski definition) is 13. The highest BCUT2D eigenvalue weighted by atomic mass is 32.0. The number of aromatic nitrogens is 8. The van der Waals surface area contributed by atoms with E-state index in [4.69, 9.17) is 94.6 Å². The van der Waals surface area contributed by atoms with Crippen LogP contribution in [0.1, 0.15) is 32.4 Å². The van der Waals surface area contributed by atoms with E-state index in [0.717, 1.165) is 0 Å². The predicted octanol–water partition coefficient (Wildman–Crippen LogP) is -3.41. The Morgan fingerprint density at radius 3 is 1.91 bits per heavy atom. The third-order valence-corrected chi connectivity index (χ3v) is 9.45. The van der Waals surface area contributed by atoms with Gasteiger partial charge in [0.2, 0.25) is 0 Å². The van der Waals surface area contributed by atoms with Gasteiger partial charge in [0.05, 0.1) is 36.6 Å². The van der Waals surface area contributed by atoms with E-state index in [1.165, 1.54) is 17.2 Å². The molecule has 7 rings (SSSR count). The number of ether oxygens (including phenoxy) is 3. The van der Waals surface area contributed by atoms with E-state index in [2.05, 4.69) is 69.5 Å². The van der Waals surface area contributed by atoms with Crippen molar-refractivity contribution in [3.05, 3.63) is 24.8 Å². The average molecular weight is 1100 g/mol. The summed E-state index contributed by atoms with van der Waals surface area (Å²) >= 11 is 0. The first-order valence-electron chi connectivity index (χ1n) is 18.0. The summed E-state index contributed by atoms with van der Waals surface area (Å²) in [6.07, 6.45) is 10.2. The van der Waals surface area contributed by atoms with Crippen molar-refractivity contribution >= 4 is 75.3 Å². The molecule has 7 heterocycles. The smallest absolute Gasteiger partial charge is 0.725 e. The maximum absolute atomic E-state index is 13.3. The minimum Gasteiger partial charge on any atom is -0.756 e. The number of phosphoric acid groups is 1. The Balaban J connectivity index is 0.000000443. The van der Waals surface area contributed by atoms with Gasteiger partial charge in [0.25, 0.3) is 7.82 Å². The topological polar surface area (TPSA) is 532 Å². The number of aliphatic hydroxyl groups excluding tert-OH is 6. The molecule has 3 fully saturated rings. The minimum absolute atomic E-state index is 0.0741. The number of phosphoric ester groups is 1. The molecule has 70 heavy (non-hydrogen) atoms. The van der Waals surface area contributed by atoms with Crippen LogP contribution in [0.15, 0.2) is 12.7 Å². The summed E-state index contributed by atoms with van der Waals surface area (Å²) in [5.74, 6) is 6.53. The third-order valence-electron chi connectivity index (χ3n) is 8.69. The summed E-state index contributed by atoms with van der Waals surface area (Å²) < 4.78 is 80.0. The van der Waals surface area contributed by atoms with Crippen molar-refractivity contribution in [1.82, 2.24) is 39.5 Å². The highest BCUT2D eigenvalue weighted by Gasteiger charge is 2.49. The van der Waals surface area contributed by atoms with E-state index < -0.39 is 104 Å². The maximum atomic E-state index is 13.3. The molecule has 3 aliphatic heterocycles. The summed E-state index contributed by atoms with van der Waals surface area (Å²) in [6, 6.07) is 0. The minimum atomic E-state index is -4.96. The van der Waals surface area contributed by atoms with E-state index in [1.807, 2.05) is 5.92 Å². The summed E-state index contributed by atoms with van der Waals surface area (Å²) in [7, 11) is -8.10. The Labute approximate surface area is 397 Å². The molecule has 5 unspecified atom stereocenters. The lowest BCUT2D eigenvalue weighted by Crippen LogP contribution is -2.41. The number of aromatic amines is 1. The molecule has 4 aromatic heterocycles. The van der Waals surface area contributed by atoms with Crippen LogP contribution in [0.25, 0.3) is 22.3 Å². The molecular weight excluding hydrogens is 1060 g/mol. The second-order valence-corrected chi connectivity index (χ2v) is 16.5. The lowest BCUT2D eigenvalue weighted by Gasteiger charge is -2.24. The number of H-pyrrole nitrogens is 1. The number of anilines is 2. The number of halogens is 2. The second kappa shape index (κ2) is 29.1. The molecule has 0 radical (unpaired) electrons. The zero-order valence-electron chi connectivity index (χ0n) is 35.2. The van der Waals surface area contributed by atoms with Crippen LogP contribution in [-0.4, -0.2) is 146 Å². The number of nitrogens with zero attached hydrogens (tertiary/aromatic N) is 7. The van der Waals surface area contributed by atoms with Crippen LogP contribution in [0, 0.1) is 54.3 Å². The Morgan fingerprint density at radius 1 is 0.986 bits per heavy atom. The molecule has 0 bridgehead atoms. The number of imidazole rings is 2. The van der Waals surface area contributed by atoms with Crippen LogP contribution < -0.4 is 26.5 Å². The molecule has 3 aliphatic rings. The molecule has 0 amide bonds. The molecule has 3 saturated heterocycles. The van der Waals surface area contributed by atoms with Crippen LogP contribution in [0.4, 0.5) is 20.4 Å². The Morgan fingerprint density at radius 2 is 1.50 bits per heavy atom. The zero-order chi connectivity index (χ0) is 53.8. The van der Waals surface area contributed by atoms with Crippen molar-refractivity contribution in [3.8, 4) is 37.0 Å². The van der Waals surface area contributed by atoms with Crippen molar-refractivity contribution in [2.45, 2.75) is 80.1 Å². The van der Waals surface area contributed by atoms with Crippen molar-refractivity contribution in [1.29, 1.82) is 5.16 Å². The number of hydrogen-bond acceptors (Lipinski definition) is 28. The maximum Gasteiger partial charge on any atom is 0.725 e. The SMILES string of the molecule is C#C[C@]1(C)OC(O)C[C@@H]1O.C#C[C@]1(CO)O[C@@H](n2cnc3c(N)nc(F)nc32)C[C@@H]1O.C#C[C@]1(CO)O[C@H](OP(=O)([O-])O)C[C@@H]1O.N=PP.Nc1nc(F)nc2nc[nH]c12.O=[P+](O)OO.O=[P+]([O-])O[O-]. The molecule has 4 aromatic rings. The molecule has 386 valence electrons. The van der Waals surface area contributed by atoms with Gasteiger partial charge in [-0.25, -0.2) is 19.9 Å². The van der Waals surface area contributed by atoms with E-state index >= 15 is 0 Å². The first-order valence-corrected chi connectivity index (χ1v) is 24.3. The van der Waals surface area contributed by atoms with Crippen molar-refractivity contribution in [2.24, 2.45) is 0 Å².